The Morgan fingerprint density at radius 3 is 2.06 bits per heavy atom. The Balaban J connectivity index is 1.10. The topological polar surface area (TPSA) is 30.1 Å². The molecule has 10 aromatic rings. The molecule has 11 rings (SSSR count). The van der Waals surface area contributed by atoms with Gasteiger partial charge < -0.3 is 14.3 Å². The first kappa shape index (κ1) is 27.8. The van der Waals surface area contributed by atoms with E-state index < -0.39 is 0 Å². The predicted molar refractivity (Wildman–Crippen MR) is 210 cm³/mol. The molecule has 3 nitrogen and oxygen atoms in total. The average molecular weight is 641 g/mol. The number of rotatable bonds is 3. The monoisotopic (exact) mass is 640 g/mol. The lowest BCUT2D eigenvalue weighted by Gasteiger charge is -2.25. The van der Waals surface area contributed by atoms with Crippen LogP contribution in [-0.4, -0.2) is 11.1 Å². The van der Waals surface area contributed by atoms with Crippen LogP contribution in [-0.2, 0) is 0 Å². The Labute approximate surface area is 288 Å². The molecule has 3 heterocycles. The van der Waals surface area contributed by atoms with Crippen LogP contribution in [0.4, 0.5) is 0 Å². The van der Waals surface area contributed by atoms with Crippen molar-refractivity contribution < 1.29 is 4.42 Å². The third kappa shape index (κ3) is 4.08. The standard InChI is InChI=1S/C47H32N2O/c1-2-11-30-24-33(21-20-29(30)10-1)40-23-22-34(28-48-40)35-17-9-19-44-46(35)47-38-16-6-5-14-36(38)43(27-45(47)50-44)49-41-18-8-7-15-37(41)39-25-31-12-3-4-13-32(31)26-42(39)49/h1-22,24-27,40,48H,23,28H2. The minimum Gasteiger partial charge on any atom is -0.456 e. The zero-order chi connectivity index (χ0) is 32.8. The highest BCUT2D eigenvalue weighted by atomic mass is 16.3. The molecule has 0 saturated heterocycles. The molecule has 1 unspecified atom stereocenters. The maximum Gasteiger partial charge on any atom is 0.138 e. The summed E-state index contributed by atoms with van der Waals surface area (Å²) in [5.74, 6) is 0. The lowest BCUT2D eigenvalue weighted by Crippen LogP contribution is -2.26. The number of hydrogen-bond acceptors (Lipinski definition) is 2. The van der Waals surface area contributed by atoms with Gasteiger partial charge in [-0.15, -0.1) is 0 Å². The van der Waals surface area contributed by atoms with Gasteiger partial charge in [0.25, 0.3) is 0 Å². The zero-order valence-corrected chi connectivity index (χ0v) is 27.4. The number of para-hydroxylation sites is 1. The highest BCUT2D eigenvalue weighted by Gasteiger charge is 2.23. The van der Waals surface area contributed by atoms with Crippen molar-refractivity contribution in [2.24, 2.45) is 0 Å². The van der Waals surface area contributed by atoms with E-state index in [4.69, 9.17) is 4.42 Å². The summed E-state index contributed by atoms with van der Waals surface area (Å²) in [5.41, 5.74) is 9.25. The molecular formula is C47H32N2O. The van der Waals surface area contributed by atoms with Crippen molar-refractivity contribution >= 4 is 81.6 Å². The first-order valence-electron chi connectivity index (χ1n) is 17.5. The first-order chi connectivity index (χ1) is 24.8. The zero-order valence-electron chi connectivity index (χ0n) is 27.4. The van der Waals surface area contributed by atoms with Crippen molar-refractivity contribution in [1.82, 2.24) is 9.88 Å². The minimum absolute atomic E-state index is 0.287. The van der Waals surface area contributed by atoms with Gasteiger partial charge in [-0.1, -0.05) is 121 Å². The molecule has 8 aromatic carbocycles. The predicted octanol–water partition coefficient (Wildman–Crippen LogP) is 12.3. The highest BCUT2D eigenvalue weighted by molar-refractivity contribution is 6.24. The van der Waals surface area contributed by atoms with E-state index in [-0.39, 0.29) is 6.04 Å². The van der Waals surface area contributed by atoms with Gasteiger partial charge in [0, 0.05) is 45.6 Å². The van der Waals surface area contributed by atoms with E-state index in [1.54, 1.807) is 0 Å². The molecular weight excluding hydrogens is 609 g/mol. The molecule has 50 heavy (non-hydrogen) atoms. The van der Waals surface area contributed by atoms with Gasteiger partial charge in [0.2, 0.25) is 0 Å². The lowest BCUT2D eigenvalue weighted by molar-refractivity contribution is 0.562. The third-order valence-corrected chi connectivity index (χ3v) is 10.9. The summed E-state index contributed by atoms with van der Waals surface area (Å²) in [4.78, 5) is 0. The second-order valence-electron chi connectivity index (χ2n) is 13.7. The first-order valence-corrected chi connectivity index (χ1v) is 17.5. The van der Waals surface area contributed by atoms with Crippen LogP contribution in [0.1, 0.15) is 23.6 Å². The number of benzene rings is 8. The Kier molecular flexibility index (Phi) is 5.92. The van der Waals surface area contributed by atoms with Gasteiger partial charge in [0.15, 0.2) is 0 Å². The van der Waals surface area contributed by atoms with E-state index in [0.717, 1.165) is 29.8 Å². The molecule has 1 atom stereocenters. The summed E-state index contributed by atoms with van der Waals surface area (Å²) >= 11 is 0. The fourth-order valence-electron chi connectivity index (χ4n) is 8.56. The lowest BCUT2D eigenvalue weighted by atomic mass is 9.91. The summed E-state index contributed by atoms with van der Waals surface area (Å²) in [5, 5.41) is 16.2. The molecule has 1 aliphatic rings. The molecule has 0 fully saturated rings. The fourth-order valence-corrected chi connectivity index (χ4v) is 8.56. The molecule has 1 aliphatic heterocycles. The van der Waals surface area contributed by atoms with E-state index >= 15 is 0 Å². The van der Waals surface area contributed by atoms with Crippen molar-refractivity contribution in [3.8, 4) is 5.69 Å². The molecule has 0 amide bonds. The van der Waals surface area contributed by atoms with Crippen LogP contribution >= 0.6 is 0 Å². The van der Waals surface area contributed by atoms with Crippen molar-refractivity contribution in [2.45, 2.75) is 12.5 Å². The normalized spacial score (nSPS) is 15.3. The quantitative estimate of drug-likeness (QED) is 0.208. The van der Waals surface area contributed by atoms with Crippen LogP contribution in [0, 0.1) is 0 Å². The summed E-state index contributed by atoms with van der Waals surface area (Å²) in [6.45, 7) is 0.800. The van der Waals surface area contributed by atoms with Gasteiger partial charge >= 0.3 is 0 Å². The Hall–Kier alpha value is -6.16. The number of fused-ring (bicyclic) bond motifs is 10. The van der Waals surface area contributed by atoms with E-state index in [0.29, 0.717) is 0 Å². The summed E-state index contributed by atoms with van der Waals surface area (Å²) in [6.07, 6.45) is 3.37. The molecule has 3 heteroatoms. The molecule has 1 N–H and O–H groups in total. The second kappa shape index (κ2) is 10.7. The number of aromatic nitrogens is 1. The van der Waals surface area contributed by atoms with E-state index in [1.165, 1.54) is 81.6 Å². The Morgan fingerprint density at radius 1 is 0.520 bits per heavy atom. The van der Waals surface area contributed by atoms with Gasteiger partial charge in [-0.25, -0.2) is 0 Å². The maximum atomic E-state index is 6.80. The fraction of sp³-hybridized carbons (Fsp3) is 0.0638. The van der Waals surface area contributed by atoms with E-state index in [1.807, 2.05) is 0 Å². The molecule has 2 aromatic heterocycles. The number of furan rings is 1. The molecule has 0 bridgehead atoms. The van der Waals surface area contributed by atoms with Crippen molar-refractivity contribution in [1.29, 1.82) is 0 Å². The summed E-state index contributed by atoms with van der Waals surface area (Å²) in [7, 11) is 0. The SMILES string of the molecule is C1=C(c2cccc3oc4cc(-n5c6ccccc6c6cc7ccccc7cc65)c5ccccc5c4c23)CNC(c2ccc3ccccc3c2)C1. The molecule has 0 aliphatic carbocycles. The van der Waals surface area contributed by atoms with Crippen LogP contribution in [0.25, 0.3) is 87.3 Å². The molecule has 0 saturated carbocycles. The van der Waals surface area contributed by atoms with Gasteiger partial charge in [0.05, 0.1) is 16.7 Å². The van der Waals surface area contributed by atoms with Gasteiger partial charge in [0.1, 0.15) is 11.2 Å². The van der Waals surface area contributed by atoms with Crippen molar-refractivity contribution in [2.75, 3.05) is 6.54 Å². The van der Waals surface area contributed by atoms with Crippen LogP contribution in [0.3, 0.4) is 0 Å². The smallest absolute Gasteiger partial charge is 0.138 e. The number of hydrogen-bond donors (Lipinski definition) is 1. The second-order valence-corrected chi connectivity index (χ2v) is 13.7. The van der Waals surface area contributed by atoms with E-state index in [2.05, 4.69) is 168 Å². The van der Waals surface area contributed by atoms with Gasteiger partial charge in [-0.2, -0.15) is 0 Å². The number of nitrogens with zero attached hydrogens (tertiary/aromatic N) is 1. The van der Waals surface area contributed by atoms with Crippen LogP contribution in [0.15, 0.2) is 162 Å². The molecule has 0 spiro atoms. The number of nitrogens with one attached hydrogen (secondary N) is 1. The maximum absolute atomic E-state index is 6.80. The average Bonchev–Trinajstić information content (AvgIpc) is 3.72. The third-order valence-electron chi connectivity index (χ3n) is 10.9. The Morgan fingerprint density at radius 2 is 1.24 bits per heavy atom. The van der Waals surface area contributed by atoms with Crippen LogP contribution in [0.5, 0.6) is 0 Å². The van der Waals surface area contributed by atoms with Gasteiger partial charge in [-0.3, -0.25) is 0 Å². The van der Waals surface area contributed by atoms with Crippen molar-refractivity contribution in [3.05, 3.63) is 169 Å². The van der Waals surface area contributed by atoms with E-state index in [9.17, 15) is 0 Å². The largest absolute Gasteiger partial charge is 0.456 e. The molecule has 0 radical (unpaired) electrons. The Bertz CT molecular complexity index is 3030. The molecule has 236 valence electrons. The van der Waals surface area contributed by atoms with Crippen molar-refractivity contribution in [3.63, 3.8) is 0 Å². The highest BCUT2D eigenvalue weighted by Crippen LogP contribution is 2.44. The van der Waals surface area contributed by atoms with Crippen LogP contribution in [0.2, 0.25) is 0 Å². The summed E-state index contributed by atoms with van der Waals surface area (Å²) in [6, 6.07) is 55.5. The van der Waals surface area contributed by atoms with Gasteiger partial charge in [-0.05, 0) is 80.4 Å². The summed E-state index contributed by atoms with van der Waals surface area (Å²) < 4.78 is 9.23. The van der Waals surface area contributed by atoms with Crippen LogP contribution < -0.4 is 5.32 Å². The minimum atomic E-state index is 0.287.